The van der Waals surface area contributed by atoms with Gasteiger partial charge in [-0.2, -0.15) is 0 Å². The van der Waals surface area contributed by atoms with E-state index in [2.05, 4.69) is 15.5 Å². The van der Waals surface area contributed by atoms with Crippen molar-refractivity contribution in [1.29, 1.82) is 0 Å². The number of benzene rings is 2. The number of hydrogen-bond donors (Lipinski definition) is 1. The molecule has 28 heavy (non-hydrogen) atoms. The number of rotatable bonds is 8. The summed E-state index contributed by atoms with van der Waals surface area (Å²) < 4.78 is 29.9. The lowest BCUT2D eigenvalue weighted by Crippen LogP contribution is -2.29. The van der Waals surface area contributed by atoms with Gasteiger partial charge in [-0.1, -0.05) is 35.9 Å². The number of amides is 1. The van der Waals surface area contributed by atoms with Crippen LogP contribution >= 0.6 is 0 Å². The summed E-state index contributed by atoms with van der Waals surface area (Å²) in [6.45, 7) is 2.04. The molecule has 0 bridgehead atoms. The summed E-state index contributed by atoms with van der Waals surface area (Å²) in [5.41, 5.74) is 1.95. The molecule has 1 amide bonds. The van der Waals surface area contributed by atoms with Crippen molar-refractivity contribution < 1.29 is 17.6 Å². The largest absolute Gasteiger partial charge is 0.421 e. The second kappa shape index (κ2) is 8.79. The second-order valence-corrected chi connectivity index (χ2v) is 8.46. The van der Waals surface area contributed by atoms with Crippen LogP contribution in [0.3, 0.4) is 0 Å². The zero-order valence-corrected chi connectivity index (χ0v) is 16.3. The molecule has 0 radical (unpaired) electrons. The van der Waals surface area contributed by atoms with Crippen molar-refractivity contribution in [3.63, 3.8) is 0 Å². The van der Waals surface area contributed by atoms with Gasteiger partial charge in [0.1, 0.15) is 0 Å². The van der Waals surface area contributed by atoms with Gasteiger partial charge in [-0.05, 0) is 31.2 Å². The van der Waals surface area contributed by atoms with Gasteiger partial charge in [-0.15, -0.1) is 10.2 Å². The lowest BCUT2D eigenvalue weighted by Gasteiger charge is -2.06. The molecule has 0 atom stereocenters. The molecule has 0 spiro atoms. The van der Waals surface area contributed by atoms with Crippen molar-refractivity contribution in [1.82, 2.24) is 15.5 Å². The zero-order chi connectivity index (χ0) is 20.0. The Kier molecular flexibility index (Phi) is 6.20. The van der Waals surface area contributed by atoms with E-state index in [0.717, 1.165) is 11.1 Å². The lowest BCUT2D eigenvalue weighted by atomic mass is 10.1. The predicted molar refractivity (Wildman–Crippen MR) is 104 cm³/mol. The summed E-state index contributed by atoms with van der Waals surface area (Å²) in [4.78, 5) is 12.2. The van der Waals surface area contributed by atoms with Gasteiger partial charge in [0.2, 0.25) is 17.7 Å². The Balaban J connectivity index is 1.45. The van der Waals surface area contributed by atoms with Crippen LogP contribution in [0.25, 0.3) is 11.5 Å². The van der Waals surface area contributed by atoms with Crippen LogP contribution in [0.4, 0.5) is 0 Å². The van der Waals surface area contributed by atoms with Crippen molar-refractivity contribution in [2.45, 2.75) is 24.7 Å². The van der Waals surface area contributed by atoms with Gasteiger partial charge in [-0.3, -0.25) is 4.79 Å². The number of nitrogens with one attached hydrogen (secondary N) is 1. The van der Waals surface area contributed by atoms with Crippen LogP contribution in [0, 0.1) is 6.92 Å². The summed E-state index contributed by atoms with van der Waals surface area (Å²) in [7, 11) is -3.41. The van der Waals surface area contributed by atoms with Gasteiger partial charge in [0, 0.05) is 24.9 Å². The fraction of sp³-hybridized carbons (Fsp3) is 0.250. The standard InChI is InChI=1S/C20H21N3O4S/c1-15-7-9-16(10-8-15)20-23-22-19(27-20)12-11-18(24)21-13-14-28(25,26)17-5-3-2-4-6-17/h2-10H,11-14H2,1H3,(H,21,24). The van der Waals surface area contributed by atoms with Crippen LogP contribution in [0.5, 0.6) is 0 Å². The lowest BCUT2D eigenvalue weighted by molar-refractivity contribution is -0.121. The van der Waals surface area contributed by atoms with Gasteiger partial charge in [0.15, 0.2) is 9.84 Å². The van der Waals surface area contributed by atoms with Crippen molar-refractivity contribution in [3.8, 4) is 11.5 Å². The maximum Gasteiger partial charge on any atom is 0.247 e. The molecule has 0 fully saturated rings. The molecule has 2 aromatic carbocycles. The number of carbonyl (C=O) groups excluding carboxylic acids is 1. The topological polar surface area (TPSA) is 102 Å². The molecule has 0 saturated carbocycles. The molecule has 7 nitrogen and oxygen atoms in total. The average molecular weight is 399 g/mol. The minimum Gasteiger partial charge on any atom is -0.421 e. The molecular weight excluding hydrogens is 378 g/mol. The summed E-state index contributed by atoms with van der Waals surface area (Å²) in [5.74, 6) is 0.353. The smallest absolute Gasteiger partial charge is 0.247 e. The molecule has 0 unspecified atom stereocenters. The highest BCUT2D eigenvalue weighted by Gasteiger charge is 2.15. The second-order valence-electron chi connectivity index (χ2n) is 6.35. The third-order valence-electron chi connectivity index (χ3n) is 4.13. The van der Waals surface area contributed by atoms with E-state index in [1.54, 1.807) is 30.3 Å². The van der Waals surface area contributed by atoms with Crippen molar-refractivity contribution >= 4 is 15.7 Å². The molecule has 1 aromatic heterocycles. The number of nitrogens with zero attached hydrogens (tertiary/aromatic N) is 2. The van der Waals surface area contributed by atoms with Crippen LogP contribution in [-0.4, -0.2) is 36.8 Å². The van der Waals surface area contributed by atoms with E-state index in [4.69, 9.17) is 4.42 Å². The fourth-order valence-electron chi connectivity index (χ4n) is 2.55. The molecule has 0 aliphatic carbocycles. The van der Waals surface area contributed by atoms with Crippen LogP contribution < -0.4 is 5.32 Å². The first-order valence-electron chi connectivity index (χ1n) is 8.88. The zero-order valence-electron chi connectivity index (χ0n) is 15.5. The molecule has 1 heterocycles. The van der Waals surface area contributed by atoms with E-state index in [-0.39, 0.29) is 35.9 Å². The van der Waals surface area contributed by atoms with Gasteiger partial charge in [0.05, 0.1) is 10.6 Å². The number of sulfone groups is 1. The molecule has 1 N–H and O–H groups in total. The molecule has 0 aliphatic heterocycles. The Morgan fingerprint density at radius 3 is 2.46 bits per heavy atom. The third-order valence-corrected chi connectivity index (χ3v) is 5.86. The number of aryl methyl sites for hydroxylation is 2. The quantitative estimate of drug-likeness (QED) is 0.625. The molecular formula is C20H21N3O4S. The van der Waals surface area contributed by atoms with Gasteiger partial charge in [-0.25, -0.2) is 8.42 Å². The molecule has 3 rings (SSSR count). The van der Waals surface area contributed by atoms with E-state index in [1.807, 2.05) is 31.2 Å². The normalized spacial score (nSPS) is 11.3. The first-order valence-corrected chi connectivity index (χ1v) is 10.5. The Morgan fingerprint density at radius 1 is 1.04 bits per heavy atom. The van der Waals surface area contributed by atoms with E-state index in [1.165, 1.54) is 0 Å². The summed E-state index contributed by atoms with van der Waals surface area (Å²) in [5, 5.41) is 10.6. The van der Waals surface area contributed by atoms with E-state index in [9.17, 15) is 13.2 Å². The van der Waals surface area contributed by atoms with Gasteiger partial charge < -0.3 is 9.73 Å². The predicted octanol–water partition coefficient (Wildman–Crippen LogP) is 2.57. The van der Waals surface area contributed by atoms with Crippen molar-refractivity contribution in [2.24, 2.45) is 0 Å². The molecule has 146 valence electrons. The van der Waals surface area contributed by atoms with E-state index < -0.39 is 9.84 Å². The highest BCUT2D eigenvalue weighted by Crippen LogP contribution is 2.18. The number of aromatic nitrogens is 2. The maximum atomic E-state index is 12.2. The van der Waals surface area contributed by atoms with Crippen LogP contribution in [0.15, 0.2) is 63.9 Å². The first-order chi connectivity index (χ1) is 13.4. The average Bonchev–Trinajstić information content (AvgIpc) is 3.16. The van der Waals surface area contributed by atoms with Gasteiger partial charge >= 0.3 is 0 Å². The Hall–Kier alpha value is -3.00. The van der Waals surface area contributed by atoms with Crippen LogP contribution in [0.1, 0.15) is 17.9 Å². The maximum absolute atomic E-state index is 12.2. The fourth-order valence-corrected chi connectivity index (χ4v) is 3.73. The van der Waals surface area contributed by atoms with E-state index in [0.29, 0.717) is 11.8 Å². The summed E-state index contributed by atoms with van der Waals surface area (Å²) in [6, 6.07) is 15.9. The minimum absolute atomic E-state index is 0.0501. The summed E-state index contributed by atoms with van der Waals surface area (Å²) >= 11 is 0. The number of carbonyl (C=O) groups is 1. The molecule has 0 saturated heterocycles. The van der Waals surface area contributed by atoms with Crippen LogP contribution in [-0.2, 0) is 21.1 Å². The van der Waals surface area contributed by atoms with Gasteiger partial charge in [0.25, 0.3) is 0 Å². The molecule has 8 heteroatoms. The Labute approximate surface area is 163 Å². The Morgan fingerprint density at radius 2 is 1.75 bits per heavy atom. The highest BCUT2D eigenvalue weighted by atomic mass is 32.2. The first kappa shape index (κ1) is 19.8. The SMILES string of the molecule is Cc1ccc(-c2nnc(CCC(=O)NCCS(=O)(=O)c3ccccc3)o2)cc1. The van der Waals surface area contributed by atoms with Crippen molar-refractivity contribution in [2.75, 3.05) is 12.3 Å². The highest BCUT2D eigenvalue weighted by molar-refractivity contribution is 7.91. The third kappa shape index (κ3) is 5.26. The van der Waals surface area contributed by atoms with Crippen LogP contribution in [0.2, 0.25) is 0 Å². The Bertz CT molecular complexity index is 1030. The summed E-state index contributed by atoms with van der Waals surface area (Å²) in [6.07, 6.45) is 0.428. The van der Waals surface area contributed by atoms with E-state index >= 15 is 0 Å². The minimum atomic E-state index is -3.41. The monoisotopic (exact) mass is 399 g/mol. The molecule has 3 aromatic rings. The van der Waals surface area contributed by atoms with Crippen molar-refractivity contribution in [3.05, 3.63) is 66.1 Å². The molecule has 0 aliphatic rings. The number of hydrogen-bond acceptors (Lipinski definition) is 6.